The van der Waals surface area contributed by atoms with Crippen LogP contribution in [0, 0.1) is 19.8 Å². The van der Waals surface area contributed by atoms with E-state index in [1.165, 1.54) is 11.1 Å². The summed E-state index contributed by atoms with van der Waals surface area (Å²) in [4.78, 5) is 16.7. The highest BCUT2D eigenvalue weighted by atomic mass is 16.1. The predicted molar refractivity (Wildman–Crippen MR) is 97.7 cm³/mol. The summed E-state index contributed by atoms with van der Waals surface area (Å²) in [5.74, 6) is 0.382. The van der Waals surface area contributed by atoms with Gasteiger partial charge in [-0.15, -0.1) is 0 Å². The second kappa shape index (κ2) is 6.48. The molecular formula is C20H23N3O. The molecular weight excluding hydrogens is 298 g/mol. The molecule has 4 heteroatoms. The Morgan fingerprint density at radius 2 is 1.96 bits per heavy atom. The van der Waals surface area contributed by atoms with Crippen LogP contribution in [0.2, 0.25) is 0 Å². The van der Waals surface area contributed by atoms with Crippen molar-refractivity contribution in [3.05, 3.63) is 59.4 Å². The molecule has 0 saturated carbocycles. The topological polar surface area (TPSA) is 46.9 Å². The number of imidazole rings is 1. The van der Waals surface area contributed by atoms with E-state index in [4.69, 9.17) is 0 Å². The Kier molecular flexibility index (Phi) is 4.38. The number of hydrogen-bond acceptors (Lipinski definition) is 2. The van der Waals surface area contributed by atoms with Crippen LogP contribution in [0.4, 0.5) is 0 Å². The average molecular weight is 321 g/mol. The fourth-order valence-corrected chi connectivity index (χ4v) is 2.82. The van der Waals surface area contributed by atoms with E-state index in [0.717, 1.165) is 16.7 Å². The van der Waals surface area contributed by atoms with Gasteiger partial charge in [-0.25, -0.2) is 4.98 Å². The van der Waals surface area contributed by atoms with Crippen LogP contribution in [0.5, 0.6) is 0 Å². The van der Waals surface area contributed by atoms with E-state index in [-0.39, 0.29) is 5.91 Å². The summed E-state index contributed by atoms with van der Waals surface area (Å²) in [7, 11) is 0. The number of amides is 1. The average Bonchev–Trinajstić information content (AvgIpc) is 2.95. The van der Waals surface area contributed by atoms with E-state index in [9.17, 15) is 4.79 Å². The van der Waals surface area contributed by atoms with Crippen LogP contribution >= 0.6 is 0 Å². The number of carbonyl (C=O) groups excluding carboxylic acids is 1. The number of fused-ring (bicyclic) bond motifs is 1. The number of hydrogen-bond donors (Lipinski definition) is 1. The van der Waals surface area contributed by atoms with Crippen LogP contribution in [-0.4, -0.2) is 22.0 Å². The van der Waals surface area contributed by atoms with Gasteiger partial charge in [-0.1, -0.05) is 31.5 Å². The highest BCUT2D eigenvalue weighted by Crippen LogP contribution is 2.22. The first-order chi connectivity index (χ1) is 11.5. The largest absolute Gasteiger partial charge is 0.352 e. The molecule has 4 nitrogen and oxygen atoms in total. The first-order valence-electron chi connectivity index (χ1n) is 8.28. The maximum Gasteiger partial charge on any atom is 0.251 e. The lowest BCUT2D eigenvalue weighted by Crippen LogP contribution is -2.27. The Hall–Kier alpha value is -2.62. The monoisotopic (exact) mass is 321 g/mol. The van der Waals surface area contributed by atoms with Gasteiger partial charge in [0.2, 0.25) is 0 Å². The van der Waals surface area contributed by atoms with Crippen molar-refractivity contribution in [2.45, 2.75) is 27.7 Å². The summed E-state index contributed by atoms with van der Waals surface area (Å²) in [6, 6.07) is 12.0. The lowest BCUT2D eigenvalue weighted by molar-refractivity contribution is 0.0949. The van der Waals surface area contributed by atoms with E-state index in [1.807, 2.05) is 24.5 Å². The van der Waals surface area contributed by atoms with Gasteiger partial charge in [0.1, 0.15) is 6.33 Å². The Bertz CT molecular complexity index is 893. The first-order valence-corrected chi connectivity index (χ1v) is 8.28. The summed E-state index contributed by atoms with van der Waals surface area (Å²) in [6.45, 7) is 9.02. The molecule has 1 amide bonds. The van der Waals surface area contributed by atoms with Crippen LogP contribution < -0.4 is 5.32 Å². The van der Waals surface area contributed by atoms with E-state index in [2.05, 4.69) is 60.8 Å². The standard InChI is InChI=1S/C20H23N3O/c1-13(2)11-21-20(24)16-6-8-19-17(10-16)22-12-23(19)18-7-5-14(3)9-15(18)4/h5-10,12-13H,11H2,1-4H3,(H,21,24). The predicted octanol–water partition coefficient (Wildman–Crippen LogP) is 4.03. The number of nitrogens with zero attached hydrogens (tertiary/aromatic N) is 2. The van der Waals surface area contributed by atoms with Gasteiger partial charge in [-0.2, -0.15) is 0 Å². The molecule has 3 rings (SSSR count). The molecule has 0 bridgehead atoms. The normalized spacial score (nSPS) is 11.2. The second-order valence-electron chi connectivity index (χ2n) is 6.71. The third-order valence-electron chi connectivity index (χ3n) is 4.09. The fraction of sp³-hybridized carbons (Fsp3) is 0.300. The molecule has 24 heavy (non-hydrogen) atoms. The summed E-state index contributed by atoms with van der Waals surface area (Å²) in [6.07, 6.45) is 1.82. The highest BCUT2D eigenvalue weighted by Gasteiger charge is 2.11. The van der Waals surface area contributed by atoms with E-state index in [0.29, 0.717) is 18.0 Å². The Labute approximate surface area is 142 Å². The molecule has 0 aliphatic heterocycles. The zero-order chi connectivity index (χ0) is 17.3. The molecule has 0 radical (unpaired) electrons. The Morgan fingerprint density at radius 1 is 1.17 bits per heavy atom. The van der Waals surface area contributed by atoms with Crippen LogP contribution in [0.15, 0.2) is 42.7 Å². The quantitative estimate of drug-likeness (QED) is 0.788. The van der Waals surface area contributed by atoms with Gasteiger partial charge in [0, 0.05) is 12.1 Å². The van der Waals surface area contributed by atoms with Gasteiger partial charge < -0.3 is 5.32 Å². The van der Waals surface area contributed by atoms with Crippen molar-refractivity contribution < 1.29 is 4.79 Å². The molecule has 0 atom stereocenters. The summed E-state index contributed by atoms with van der Waals surface area (Å²) >= 11 is 0. The smallest absolute Gasteiger partial charge is 0.251 e. The molecule has 0 aliphatic rings. The lowest BCUT2D eigenvalue weighted by atomic mass is 10.1. The number of nitrogens with one attached hydrogen (secondary N) is 1. The van der Waals surface area contributed by atoms with E-state index >= 15 is 0 Å². The second-order valence-corrected chi connectivity index (χ2v) is 6.71. The minimum atomic E-state index is -0.0494. The molecule has 1 heterocycles. The minimum Gasteiger partial charge on any atom is -0.352 e. The van der Waals surface area contributed by atoms with E-state index < -0.39 is 0 Å². The molecule has 0 unspecified atom stereocenters. The molecule has 124 valence electrons. The maximum atomic E-state index is 12.2. The molecule has 1 N–H and O–H groups in total. The molecule has 0 saturated heterocycles. The van der Waals surface area contributed by atoms with Crippen molar-refractivity contribution in [2.75, 3.05) is 6.54 Å². The van der Waals surface area contributed by atoms with Gasteiger partial charge in [-0.05, 0) is 49.6 Å². The van der Waals surface area contributed by atoms with Crippen LogP contribution in [-0.2, 0) is 0 Å². The van der Waals surface area contributed by atoms with Crippen molar-refractivity contribution in [1.29, 1.82) is 0 Å². The molecule has 2 aromatic carbocycles. The Balaban J connectivity index is 1.95. The molecule has 1 aromatic heterocycles. The molecule has 0 spiro atoms. The first kappa shape index (κ1) is 16.2. The lowest BCUT2D eigenvalue weighted by Gasteiger charge is -2.10. The number of rotatable bonds is 4. The fourth-order valence-electron chi connectivity index (χ4n) is 2.82. The zero-order valence-corrected chi connectivity index (χ0v) is 14.6. The van der Waals surface area contributed by atoms with Crippen molar-refractivity contribution in [3.63, 3.8) is 0 Å². The van der Waals surface area contributed by atoms with Gasteiger partial charge in [0.15, 0.2) is 0 Å². The van der Waals surface area contributed by atoms with Gasteiger partial charge >= 0.3 is 0 Å². The van der Waals surface area contributed by atoms with Crippen molar-refractivity contribution in [3.8, 4) is 5.69 Å². The van der Waals surface area contributed by atoms with Crippen LogP contribution in [0.25, 0.3) is 16.7 Å². The highest BCUT2D eigenvalue weighted by molar-refractivity contribution is 5.97. The van der Waals surface area contributed by atoms with Crippen LogP contribution in [0.3, 0.4) is 0 Å². The summed E-state index contributed by atoms with van der Waals surface area (Å²) < 4.78 is 2.07. The zero-order valence-electron chi connectivity index (χ0n) is 14.6. The van der Waals surface area contributed by atoms with Gasteiger partial charge in [0.05, 0.1) is 16.7 Å². The van der Waals surface area contributed by atoms with Crippen molar-refractivity contribution >= 4 is 16.9 Å². The van der Waals surface area contributed by atoms with Crippen molar-refractivity contribution in [2.24, 2.45) is 5.92 Å². The van der Waals surface area contributed by atoms with E-state index in [1.54, 1.807) is 0 Å². The number of aromatic nitrogens is 2. The Morgan fingerprint density at radius 3 is 2.67 bits per heavy atom. The van der Waals surface area contributed by atoms with Gasteiger partial charge in [-0.3, -0.25) is 9.36 Å². The molecule has 0 aliphatic carbocycles. The minimum absolute atomic E-state index is 0.0494. The van der Waals surface area contributed by atoms with Gasteiger partial charge in [0.25, 0.3) is 5.91 Å². The maximum absolute atomic E-state index is 12.2. The summed E-state index contributed by atoms with van der Waals surface area (Å²) in [5, 5.41) is 2.94. The SMILES string of the molecule is Cc1ccc(-n2cnc3cc(C(=O)NCC(C)C)ccc32)c(C)c1. The third kappa shape index (κ3) is 3.18. The number of benzene rings is 2. The number of carbonyl (C=O) groups is 1. The molecule has 3 aromatic rings. The third-order valence-corrected chi connectivity index (χ3v) is 4.09. The van der Waals surface area contributed by atoms with Crippen LogP contribution in [0.1, 0.15) is 35.3 Å². The summed E-state index contributed by atoms with van der Waals surface area (Å²) in [5.41, 5.74) is 6.03. The molecule has 0 fully saturated rings. The van der Waals surface area contributed by atoms with Crippen molar-refractivity contribution in [1.82, 2.24) is 14.9 Å². The number of aryl methyl sites for hydroxylation is 2.